The summed E-state index contributed by atoms with van der Waals surface area (Å²) in [4.78, 5) is 54.8. The second kappa shape index (κ2) is 6.35. The molecule has 0 radical (unpaired) electrons. The van der Waals surface area contributed by atoms with Gasteiger partial charge in [0.25, 0.3) is 5.56 Å². The molecule has 0 unspecified atom stereocenters. The lowest BCUT2D eigenvalue weighted by molar-refractivity contribution is -0.140. The Kier molecular flexibility index (Phi) is 4.24. The number of likely N-dealkylation sites (tertiary alicyclic amines) is 2. The van der Waals surface area contributed by atoms with Crippen molar-refractivity contribution in [3.05, 3.63) is 33.1 Å². The number of hydrogen-bond acceptors (Lipinski definition) is 4. The van der Waals surface area contributed by atoms with Crippen LogP contribution in [0.2, 0.25) is 0 Å². The normalized spacial score (nSPS) is 32.3. The molecule has 3 fully saturated rings. The Morgan fingerprint density at radius 2 is 1.93 bits per heavy atom. The third kappa shape index (κ3) is 2.82. The van der Waals surface area contributed by atoms with Crippen molar-refractivity contribution in [2.24, 2.45) is 5.41 Å². The van der Waals surface area contributed by atoms with Crippen LogP contribution in [0.4, 0.5) is 0 Å². The van der Waals surface area contributed by atoms with Crippen molar-refractivity contribution in [3.8, 4) is 0 Å². The SMILES string of the molecule is CC(=O)N1[C@@H]2CN(C(=O)Cn3ccc(=O)[nH]c3=O)[C@@H]3CCCC[C@H]1[C@]3(C)C2. The Hall–Kier alpha value is -2.38. The average molecular weight is 374 g/mol. The molecular weight excluding hydrogens is 348 g/mol. The van der Waals surface area contributed by atoms with Crippen molar-refractivity contribution in [1.82, 2.24) is 19.4 Å². The van der Waals surface area contributed by atoms with Gasteiger partial charge in [-0.15, -0.1) is 0 Å². The molecule has 3 heterocycles. The summed E-state index contributed by atoms with van der Waals surface area (Å²) in [6, 6.07) is 1.55. The van der Waals surface area contributed by atoms with Crippen LogP contribution in [0.25, 0.3) is 0 Å². The van der Waals surface area contributed by atoms with Crippen molar-refractivity contribution in [3.63, 3.8) is 0 Å². The van der Waals surface area contributed by atoms with Crippen molar-refractivity contribution >= 4 is 11.8 Å². The van der Waals surface area contributed by atoms with E-state index in [-0.39, 0.29) is 41.9 Å². The summed E-state index contributed by atoms with van der Waals surface area (Å²) < 4.78 is 1.24. The van der Waals surface area contributed by atoms with Gasteiger partial charge < -0.3 is 9.80 Å². The van der Waals surface area contributed by atoms with Gasteiger partial charge in [0.2, 0.25) is 11.8 Å². The number of aromatic nitrogens is 2. The molecule has 2 amide bonds. The maximum Gasteiger partial charge on any atom is 0.328 e. The van der Waals surface area contributed by atoms with Crippen molar-refractivity contribution in [2.45, 2.75) is 70.6 Å². The number of nitrogens with zero attached hydrogens (tertiary/aromatic N) is 3. The fourth-order valence-electron chi connectivity index (χ4n) is 5.72. The number of rotatable bonds is 2. The zero-order valence-electron chi connectivity index (χ0n) is 15.8. The minimum atomic E-state index is -0.578. The Labute approximate surface area is 157 Å². The van der Waals surface area contributed by atoms with Crippen molar-refractivity contribution in [2.75, 3.05) is 6.54 Å². The Balaban J connectivity index is 1.65. The maximum atomic E-state index is 13.1. The Morgan fingerprint density at radius 1 is 1.22 bits per heavy atom. The van der Waals surface area contributed by atoms with E-state index in [1.807, 2.05) is 9.80 Å². The standard InChI is InChI=1S/C19H26N4O4/c1-12(24)23-13-9-19(2)14(5-3-4-6-15(19)23)22(10-13)17(26)11-21-8-7-16(25)20-18(21)27/h7-8,13-15H,3-6,9-11H2,1-2H3,(H,20,25,27)/t13-,14+,15-,19+/m0/s1. The monoisotopic (exact) mass is 374 g/mol. The molecule has 1 aliphatic carbocycles. The van der Waals surface area contributed by atoms with E-state index in [0.29, 0.717) is 6.54 Å². The predicted molar refractivity (Wildman–Crippen MR) is 98.1 cm³/mol. The minimum Gasteiger partial charge on any atom is -0.335 e. The molecule has 0 aromatic carbocycles. The molecule has 1 aromatic rings. The van der Waals surface area contributed by atoms with Crippen molar-refractivity contribution < 1.29 is 9.59 Å². The lowest BCUT2D eigenvalue weighted by atomic mass is 9.71. The number of carbonyl (C=O) groups is 2. The van der Waals surface area contributed by atoms with Gasteiger partial charge in [-0.2, -0.15) is 0 Å². The molecule has 1 saturated carbocycles. The number of fused-ring (bicyclic) bond motifs is 1. The lowest BCUT2D eigenvalue weighted by Crippen LogP contribution is -2.56. The summed E-state index contributed by atoms with van der Waals surface area (Å²) in [5, 5.41) is 0. The number of H-pyrrole nitrogens is 1. The molecule has 8 nitrogen and oxygen atoms in total. The van der Waals surface area contributed by atoms with E-state index >= 15 is 0 Å². The van der Waals surface area contributed by atoms with Gasteiger partial charge in [-0.25, -0.2) is 4.79 Å². The van der Waals surface area contributed by atoms with Crippen LogP contribution in [-0.2, 0) is 16.1 Å². The van der Waals surface area contributed by atoms with E-state index in [1.165, 1.54) is 16.8 Å². The van der Waals surface area contributed by atoms with E-state index in [2.05, 4.69) is 11.9 Å². The molecule has 146 valence electrons. The summed E-state index contributed by atoms with van der Waals surface area (Å²) >= 11 is 0. The van der Waals surface area contributed by atoms with Crippen LogP contribution in [0.15, 0.2) is 21.9 Å². The molecule has 2 saturated heterocycles. The van der Waals surface area contributed by atoms with Gasteiger partial charge >= 0.3 is 5.69 Å². The van der Waals surface area contributed by atoms with Gasteiger partial charge in [-0.3, -0.25) is 23.9 Å². The summed E-state index contributed by atoms with van der Waals surface area (Å²) in [5.41, 5.74) is -1.15. The zero-order valence-corrected chi connectivity index (χ0v) is 15.8. The largest absolute Gasteiger partial charge is 0.335 e. The van der Waals surface area contributed by atoms with Crippen LogP contribution in [0.5, 0.6) is 0 Å². The van der Waals surface area contributed by atoms with E-state index in [4.69, 9.17) is 0 Å². The molecule has 27 heavy (non-hydrogen) atoms. The van der Waals surface area contributed by atoms with E-state index in [0.717, 1.165) is 32.1 Å². The highest BCUT2D eigenvalue weighted by molar-refractivity contribution is 5.78. The number of piperidine rings is 1. The van der Waals surface area contributed by atoms with E-state index < -0.39 is 11.2 Å². The number of aromatic amines is 1. The second-order valence-corrected chi connectivity index (χ2v) is 8.39. The van der Waals surface area contributed by atoms with E-state index in [1.54, 1.807) is 6.92 Å². The quantitative estimate of drug-likeness (QED) is 0.806. The number of carbonyl (C=O) groups excluding carboxylic acids is 2. The van der Waals surface area contributed by atoms with Gasteiger partial charge in [0.05, 0.1) is 6.04 Å². The Bertz CT molecular complexity index is 890. The van der Waals surface area contributed by atoms with Gasteiger partial charge in [-0.05, 0) is 19.3 Å². The number of hydrogen-bond donors (Lipinski definition) is 1. The third-order valence-electron chi connectivity index (χ3n) is 6.80. The summed E-state index contributed by atoms with van der Waals surface area (Å²) in [5.74, 6) is -0.0448. The minimum absolute atomic E-state index is 0.0445. The van der Waals surface area contributed by atoms with Crippen LogP contribution in [0, 0.1) is 5.41 Å². The summed E-state index contributed by atoms with van der Waals surface area (Å²) in [6.45, 7) is 4.26. The lowest BCUT2D eigenvalue weighted by Gasteiger charge is -2.46. The molecule has 1 aromatic heterocycles. The highest BCUT2D eigenvalue weighted by atomic mass is 16.2. The molecule has 4 rings (SSSR count). The fraction of sp³-hybridized carbons (Fsp3) is 0.684. The first-order valence-electron chi connectivity index (χ1n) is 9.69. The highest BCUT2D eigenvalue weighted by Gasteiger charge is 2.60. The van der Waals surface area contributed by atoms with Gasteiger partial charge in [0, 0.05) is 43.2 Å². The number of amides is 2. The van der Waals surface area contributed by atoms with Crippen LogP contribution in [0.3, 0.4) is 0 Å². The molecule has 8 heteroatoms. The molecule has 4 atom stereocenters. The van der Waals surface area contributed by atoms with Crippen LogP contribution >= 0.6 is 0 Å². The maximum absolute atomic E-state index is 13.1. The first-order chi connectivity index (χ1) is 12.8. The fourth-order valence-corrected chi connectivity index (χ4v) is 5.72. The zero-order chi connectivity index (χ0) is 19.3. The predicted octanol–water partition coefficient (Wildman–Crippen LogP) is 0.317. The molecule has 2 bridgehead atoms. The van der Waals surface area contributed by atoms with Gasteiger partial charge in [0.1, 0.15) is 6.54 Å². The van der Waals surface area contributed by atoms with Crippen LogP contribution in [-0.4, -0.2) is 55.8 Å². The van der Waals surface area contributed by atoms with Gasteiger partial charge in [0.15, 0.2) is 0 Å². The molecule has 0 spiro atoms. The number of nitrogens with one attached hydrogen (secondary N) is 1. The summed E-state index contributed by atoms with van der Waals surface area (Å²) in [7, 11) is 0. The Morgan fingerprint density at radius 3 is 2.59 bits per heavy atom. The highest BCUT2D eigenvalue weighted by Crippen LogP contribution is 2.53. The third-order valence-corrected chi connectivity index (χ3v) is 6.80. The second-order valence-electron chi connectivity index (χ2n) is 8.39. The smallest absolute Gasteiger partial charge is 0.328 e. The first kappa shape index (κ1) is 18.0. The molecule has 1 N–H and O–H groups in total. The van der Waals surface area contributed by atoms with Gasteiger partial charge in [-0.1, -0.05) is 19.8 Å². The topological polar surface area (TPSA) is 95.5 Å². The van der Waals surface area contributed by atoms with Crippen LogP contribution in [0.1, 0.15) is 46.0 Å². The van der Waals surface area contributed by atoms with E-state index in [9.17, 15) is 19.2 Å². The summed E-state index contributed by atoms with van der Waals surface area (Å²) in [6.07, 6.45) is 6.31. The van der Waals surface area contributed by atoms with Crippen LogP contribution < -0.4 is 11.2 Å². The molecule has 3 aliphatic rings. The van der Waals surface area contributed by atoms with Crippen molar-refractivity contribution in [1.29, 1.82) is 0 Å². The average Bonchev–Trinajstić information content (AvgIpc) is 2.71. The molecule has 2 aliphatic heterocycles. The molecular formula is C19H26N4O4. The first-order valence-corrected chi connectivity index (χ1v) is 9.69.